The van der Waals surface area contributed by atoms with E-state index in [1.54, 1.807) is 24.7 Å². The minimum atomic E-state index is -0.370. The molecule has 0 aliphatic rings. The lowest BCUT2D eigenvalue weighted by atomic mass is 10.1. The van der Waals surface area contributed by atoms with Gasteiger partial charge in [-0.25, -0.2) is 0 Å². The quantitative estimate of drug-likeness (QED) is 0.437. The average Bonchev–Trinajstić information content (AvgIpc) is 3.43. The second-order valence-electron chi connectivity index (χ2n) is 7.23. The minimum absolute atomic E-state index is 0.0977. The molecule has 1 amide bonds. The fourth-order valence-electron chi connectivity index (χ4n) is 3.24. The Kier molecular flexibility index (Phi) is 6.18. The number of carbonyl (C=O) groups is 1. The van der Waals surface area contributed by atoms with E-state index in [9.17, 15) is 4.79 Å². The zero-order valence-electron chi connectivity index (χ0n) is 17.6. The Labute approximate surface area is 184 Å². The van der Waals surface area contributed by atoms with Crippen molar-refractivity contribution in [1.29, 1.82) is 0 Å². The topological polar surface area (TPSA) is 85.8 Å². The number of amides is 1. The largest absolute Gasteiger partial charge is 0.467 e. The standard InChI is InChI=1S/C23H23N5O2S/c1-15-8-9-20(16(2)12-15)28-21(18-6-4-10-24-13-18)26-27-23(28)31-17(3)22(29)25-14-19-7-5-11-30-19/h4-13,17H,14H2,1-3H3,(H,25,29)/t17-/m1/s1. The second kappa shape index (κ2) is 9.18. The lowest BCUT2D eigenvalue weighted by Gasteiger charge is -2.15. The number of hydrogen-bond donors (Lipinski definition) is 1. The number of hydrogen-bond acceptors (Lipinski definition) is 6. The molecule has 1 atom stereocenters. The fourth-order valence-corrected chi connectivity index (χ4v) is 4.13. The Hall–Kier alpha value is -3.39. The highest BCUT2D eigenvalue weighted by atomic mass is 32.2. The monoisotopic (exact) mass is 433 g/mol. The number of carbonyl (C=O) groups excluding carboxylic acids is 1. The maximum absolute atomic E-state index is 12.6. The summed E-state index contributed by atoms with van der Waals surface area (Å²) < 4.78 is 7.27. The maximum atomic E-state index is 12.6. The molecule has 0 saturated heterocycles. The Balaban J connectivity index is 1.64. The number of pyridine rings is 1. The van der Waals surface area contributed by atoms with E-state index >= 15 is 0 Å². The van der Waals surface area contributed by atoms with Gasteiger partial charge < -0.3 is 9.73 Å². The molecule has 7 nitrogen and oxygen atoms in total. The Morgan fingerprint density at radius 2 is 2.06 bits per heavy atom. The normalized spacial score (nSPS) is 12.0. The Morgan fingerprint density at radius 1 is 1.19 bits per heavy atom. The molecular weight excluding hydrogens is 410 g/mol. The molecule has 1 aromatic carbocycles. The first-order chi connectivity index (χ1) is 15.0. The van der Waals surface area contributed by atoms with Crippen LogP contribution in [0.5, 0.6) is 0 Å². The Morgan fingerprint density at radius 3 is 2.77 bits per heavy atom. The van der Waals surface area contributed by atoms with Crippen LogP contribution < -0.4 is 5.32 Å². The van der Waals surface area contributed by atoms with Gasteiger partial charge in [0.05, 0.1) is 23.7 Å². The molecule has 3 aromatic heterocycles. The predicted octanol–water partition coefficient (Wildman–Crippen LogP) is 4.34. The summed E-state index contributed by atoms with van der Waals surface area (Å²) >= 11 is 1.37. The SMILES string of the molecule is Cc1ccc(-n2c(S[C@H](C)C(=O)NCc3ccco3)nnc2-c2cccnc2)c(C)c1. The summed E-state index contributed by atoms with van der Waals surface area (Å²) in [6, 6.07) is 13.7. The van der Waals surface area contributed by atoms with Crippen molar-refractivity contribution in [3.05, 3.63) is 78.0 Å². The number of aromatic nitrogens is 4. The smallest absolute Gasteiger partial charge is 0.233 e. The van der Waals surface area contributed by atoms with Crippen LogP contribution in [0.15, 0.2) is 70.7 Å². The van der Waals surface area contributed by atoms with Crippen LogP contribution in [0, 0.1) is 13.8 Å². The first-order valence-corrected chi connectivity index (χ1v) is 10.8. The maximum Gasteiger partial charge on any atom is 0.233 e. The zero-order chi connectivity index (χ0) is 21.8. The van der Waals surface area contributed by atoms with E-state index in [2.05, 4.69) is 52.5 Å². The summed E-state index contributed by atoms with van der Waals surface area (Å²) in [6.45, 7) is 6.32. The van der Waals surface area contributed by atoms with Gasteiger partial charge in [0.2, 0.25) is 5.91 Å². The molecule has 8 heteroatoms. The molecule has 0 bridgehead atoms. The van der Waals surface area contributed by atoms with Gasteiger partial charge in [-0.05, 0) is 56.7 Å². The van der Waals surface area contributed by atoms with E-state index in [1.807, 2.05) is 29.7 Å². The molecule has 0 unspecified atom stereocenters. The number of thioether (sulfide) groups is 1. The Bertz CT molecular complexity index is 1170. The molecule has 0 spiro atoms. The molecule has 0 saturated carbocycles. The van der Waals surface area contributed by atoms with E-state index in [0.717, 1.165) is 16.8 Å². The van der Waals surface area contributed by atoms with Crippen molar-refractivity contribution in [2.45, 2.75) is 37.7 Å². The van der Waals surface area contributed by atoms with Gasteiger partial charge >= 0.3 is 0 Å². The third kappa shape index (κ3) is 4.69. The van der Waals surface area contributed by atoms with Gasteiger partial charge in [-0.1, -0.05) is 29.5 Å². The highest BCUT2D eigenvalue weighted by molar-refractivity contribution is 8.00. The predicted molar refractivity (Wildman–Crippen MR) is 120 cm³/mol. The average molecular weight is 434 g/mol. The number of furan rings is 1. The van der Waals surface area contributed by atoms with Crippen LogP contribution in [-0.4, -0.2) is 30.9 Å². The number of benzene rings is 1. The van der Waals surface area contributed by atoms with Crippen LogP contribution in [-0.2, 0) is 11.3 Å². The zero-order valence-corrected chi connectivity index (χ0v) is 18.4. The molecule has 1 N–H and O–H groups in total. The number of nitrogens with one attached hydrogen (secondary N) is 1. The lowest BCUT2D eigenvalue weighted by Crippen LogP contribution is -2.30. The third-order valence-electron chi connectivity index (χ3n) is 4.81. The number of rotatable bonds is 7. The van der Waals surface area contributed by atoms with Gasteiger partial charge in [0.25, 0.3) is 0 Å². The number of nitrogens with zero attached hydrogens (tertiary/aromatic N) is 4. The molecule has 158 valence electrons. The van der Waals surface area contributed by atoms with Gasteiger partial charge in [-0.3, -0.25) is 14.3 Å². The summed E-state index contributed by atoms with van der Waals surface area (Å²) in [5, 5.41) is 12.0. The van der Waals surface area contributed by atoms with E-state index in [-0.39, 0.29) is 11.2 Å². The first kappa shape index (κ1) is 20.9. The van der Waals surface area contributed by atoms with Crippen LogP contribution >= 0.6 is 11.8 Å². The summed E-state index contributed by atoms with van der Waals surface area (Å²) in [6.07, 6.45) is 5.08. The van der Waals surface area contributed by atoms with Gasteiger partial charge in [-0.2, -0.15) is 0 Å². The van der Waals surface area contributed by atoms with Crippen LogP contribution in [0.1, 0.15) is 23.8 Å². The molecular formula is C23H23N5O2S. The molecule has 0 fully saturated rings. The van der Waals surface area contributed by atoms with E-state index in [1.165, 1.54) is 17.3 Å². The van der Waals surface area contributed by atoms with Crippen molar-refractivity contribution in [2.75, 3.05) is 0 Å². The van der Waals surface area contributed by atoms with Crippen molar-refractivity contribution in [2.24, 2.45) is 0 Å². The van der Waals surface area contributed by atoms with E-state index in [4.69, 9.17) is 4.42 Å². The van der Waals surface area contributed by atoms with Crippen molar-refractivity contribution in [3.8, 4) is 17.1 Å². The molecule has 4 rings (SSSR count). The van der Waals surface area contributed by atoms with Crippen LogP contribution in [0.25, 0.3) is 17.1 Å². The van der Waals surface area contributed by atoms with Crippen LogP contribution in [0.4, 0.5) is 0 Å². The van der Waals surface area contributed by atoms with Gasteiger partial charge in [0.15, 0.2) is 11.0 Å². The van der Waals surface area contributed by atoms with Gasteiger partial charge in [-0.15, -0.1) is 10.2 Å². The lowest BCUT2D eigenvalue weighted by molar-refractivity contribution is -0.120. The van der Waals surface area contributed by atoms with Crippen LogP contribution in [0.2, 0.25) is 0 Å². The third-order valence-corrected chi connectivity index (χ3v) is 5.86. The molecule has 0 radical (unpaired) electrons. The van der Waals surface area contributed by atoms with Gasteiger partial charge in [0.1, 0.15) is 5.76 Å². The minimum Gasteiger partial charge on any atom is -0.467 e. The molecule has 0 aliphatic carbocycles. The van der Waals surface area contributed by atoms with E-state index in [0.29, 0.717) is 23.3 Å². The molecule has 4 aromatic rings. The summed E-state index contributed by atoms with van der Waals surface area (Å²) in [5.74, 6) is 1.30. The molecule has 0 aliphatic heterocycles. The summed E-state index contributed by atoms with van der Waals surface area (Å²) in [4.78, 5) is 16.9. The van der Waals surface area contributed by atoms with Crippen molar-refractivity contribution in [1.82, 2.24) is 25.1 Å². The second-order valence-corrected chi connectivity index (χ2v) is 8.54. The van der Waals surface area contributed by atoms with Crippen molar-refractivity contribution >= 4 is 17.7 Å². The van der Waals surface area contributed by atoms with Gasteiger partial charge in [0, 0.05) is 18.0 Å². The molecule has 31 heavy (non-hydrogen) atoms. The first-order valence-electron chi connectivity index (χ1n) is 9.93. The van der Waals surface area contributed by atoms with Crippen molar-refractivity contribution < 1.29 is 9.21 Å². The highest BCUT2D eigenvalue weighted by Gasteiger charge is 2.22. The summed E-state index contributed by atoms with van der Waals surface area (Å²) in [7, 11) is 0. The molecule has 3 heterocycles. The van der Waals surface area contributed by atoms with E-state index < -0.39 is 0 Å². The fraction of sp³-hybridized carbons (Fsp3) is 0.217. The van der Waals surface area contributed by atoms with Crippen molar-refractivity contribution in [3.63, 3.8) is 0 Å². The number of aryl methyl sites for hydroxylation is 2. The highest BCUT2D eigenvalue weighted by Crippen LogP contribution is 2.31. The summed E-state index contributed by atoms with van der Waals surface area (Å²) in [5.41, 5.74) is 4.11. The van der Waals surface area contributed by atoms with Crippen LogP contribution in [0.3, 0.4) is 0 Å².